The molecule has 126 valence electrons. The molecule has 1 atom stereocenters. The zero-order chi connectivity index (χ0) is 17.1. The normalized spacial score (nSPS) is 16.5. The Labute approximate surface area is 144 Å². The van der Waals surface area contributed by atoms with Crippen LogP contribution in [0.5, 0.6) is 5.75 Å². The van der Waals surface area contributed by atoms with Crippen LogP contribution in [0.1, 0.15) is 54.4 Å². The molecule has 1 heterocycles. The van der Waals surface area contributed by atoms with Gasteiger partial charge in [-0.2, -0.15) is 0 Å². The summed E-state index contributed by atoms with van der Waals surface area (Å²) < 4.78 is 6.00. The second-order valence-corrected chi connectivity index (χ2v) is 6.57. The van der Waals surface area contributed by atoms with Crippen molar-refractivity contribution in [2.45, 2.75) is 46.0 Å². The van der Waals surface area contributed by atoms with E-state index in [4.69, 9.17) is 4.74 Å². The number of fused-ring (bicyclic) bond motifs is 1. The summed E-state index contributed by atoms with van der Waals surface area (Å²) in [6.07, 6.45) is 2.60. The van der Waals surface area contributed by atoms with E-state index in [1.807, 2.05) is 18.2 Å². The average Bonchev–Trinajstić information content (AvgIpc) is 2.56. The lowest BCUT2D eigenvalue weighted by atomic mass is 9.83. The average molecular weight is 323 g/mol. The first-order valence-electron chi connectivity index (χ1n) is 8.73. The minimum absolute atomic E-state index is 0.0471. The van der Waals surface area contributed by atoms with Crippen LogP contribution in [0.3, 0.4) is 0 Å². The van der Waals surface area contributed by atoms with E-state index in [0.29, 0.717) is 13.0 Å². The monoisotopic (exact) mass is 323 g/mol. The zero-order valence-corrected chi connectivity index (χ0v) is 14.7. The molecule has 0 unspecified atom stereocenters. The number of rotatable bonds is 5. The highest BCUT2D eigenvalue weighted by Crippen LogP contribution is 2.41. The van der Waals surface area contributed by atoms with Gasteiger partial charge >= 0.3 is 0 Å². The molecule has 1 amide bonds. The van der Waals surface area contributed by atoms with E-state index in [1.54, 1.807) is 0 Å². The van der Waals surface area contributed by atoms with Crippen molar-refractivity contribution in [2.75, 3.05) is 11.9 Å². The number of carbonyl (C=O) groups is 1. The smallest absolute Gasteiger partial charge is 0.225 e. The first-order chi connectivity index (χ1) is 11.6. The molecule has 0 saturated carbocycles. The lowest BCUT2D eigenvalue weighted by Gasteiger charge is -2.28. The number of benzene rings is 2. The van der Waals surface area contributed by atoms with Crippen molar-refractivity contribution in [1.82, 2.24) is 0 Å². The number of ether oxygens (including phenoxy) is 1. The van der Waals surface area contributed by atoms with Gasteiger partial charge in [-0.15, -0.1) is 0 Å². The summed E-state index contributed by atoms with van der Waals surface area (Å²) in [5.74, 6) is 1.01. The lowest BCUT2D eigenvalue weighted by molar-refractivity contribution is -0.116. The van der Waals surface area contributed by atoms with E-state index in [-0.39, 0.29) is 11.8 Å². The molecule has 0 aliphatic carbocycles. The molecule has 0 radical (unpaired) electrons. The Morgan fingerprint density at radius 1 is 1.12 bits per heavy atom. The topological polar surface area (TPSA) is 38.3 Å². The van der Waals surface area contributed by atoms with Gasteiger partial charge in [0.2, 0.25) is 5.91 Å². The Hall–Kier alpha value is -2.29. The van der Waals surface area contributed by atoms with Gasteiger partial charge in [-0.25, -0.2) is 0 Å². The first kappa shape index (κ1) is 16.6. The molecule has 1 aliphatic heterocycles. The molecule has 0 spiro atoms. The van der Waals surface area contributed by atoms with Gasteiger partial charge in [-0.05, 0) is 49.1 Å². The summed E-state index contributed by atoms with van der Waals surface area (Å²) in [7, 11) is 0. The summed E-state index contributed by atoms with van der Waals surface area (Å²) in [5, 5.41) is 3.02. The fourth-order valence-electron chi connectivity index (χ4n) is 3.24. The Bertz CT molecular complexity index is 751. The highest BCUT2D eigenvalue weighted by Gasteiger charge is 2.29. The lowest BCUT2D eigenvalue weighted by Crippen LogP contribution is -2.24. The Morgan fingerprint density at radius 2 is 1.88 bits per heavy atom. The third-order valence-corrected chi connectivity index (χ3v) is 4.75. The van der Waals surface area contributed by atoms with E-state index in [0.717, 1.165) is 29.8 Å². The van der Waals surface area contributed by atoms with E-state index >= 15 is 0 Å². The second kappa shape index (κ2) is 7.08. The molecule has 3 nitrogen and oxygen atoms in total. The summed E-state index contributed by atoms with van der Waals surface area (Å²) >= 11 is 0. The number of hydrogen-bond acceptors (Lipinski definition) is 2. The third kappa shape index (κ3) is 3.30. The van der Waals surface area contributed by atoms with Crippen LogP contribution >= 0.6 is 0 Å². The first-order valence-corrected chi connectivity index (χ1v) is 8.73. The Kier molecular flexibility index (Phi) is 4.89. The van der Waals surface area contributed by atoms with E-state index < -0.39 is 0 Å². The van der Waals surface area contributed by atoms with Gasteiger partial charge in [0.05, 0.1) is 6.61 Å². The fourth-order valence-corrected chi connectivity index (χ4v) is 3.24. The van der Waals surface area contributed by atoms with Gasteiger partial charge in [0.15, 0.2) is 0 Å². The van der Waals surface area contributed by atoms with Crippen LogP contribution in [0.2, 0.25) is 0 Å². The maximum atomic E-state index is 12.2. The number of carbonyl (C=O) groups excluding carboxylic acids is 1. The molecule has 1 aliphatic rings. The molecule has 1 N–H and O–H groups in total. The molecular weight excluding hydrogens is 298 g/mol. The third-order valence-electron chi connectivity index (χ3n) is 4.75. The van der Waals surface area contributed by atoms with Gasteiger partial charge in [-0.3, -0.25) is 4.79 Å². The van der Waals surface area contributed by atoms with Crippen LogP contribution in [0, 0.1) is 13.8 Å². The van der Waals surface area contributed by atoms with Gasteiger partial charge in [0.1, 0.15) is 5.75 Å². The number of anilines is 1. The number of para-hydroxylation sites is 1. The van der Waals surface area contributed by atoms with Gasteiger partial charge in [0, 0.05) is 23.6 Å². The quantitative estimate of drug-likeness (QED) is 0.790. The van der Waals surface area contributed by atoms with E-state index in [2.05, 4.69) is 44.3 Å². The largest absolute Gasteiger partial charge is 0.493 e. The van der Waals surface area contributed by atoms with Crippen molar-refractivity contribution < 1.29 is 9.53 Å². The SMILES string of the molecule is CCCCOc1ccccc1[C@@H]1CC(=O)Nc2cc(C)c(C)cc21. The van der Waals surface area contributed by atoms with Crippen molar-refractivity contribution in [3.63, 3.8) is 0 Å². The van der Waals surface area contributed by atoms with Crippen molar-refractivity contribution in [1.29, 1.82) is 0 Å². The fraction of sp³-hybridized carbons (Fsp3) is 0.381. The summed E-state index contributed by atoms with van der Waals surface area (Å²) in [4.78, 5) is 12.2. The van der Waals surface area contributed by atoms with Crippen LogP contribution in [0.4, 0.5) is 5.69 Å². The summed E-state index contributed by atoms with van der Waals surface area (Å²) in [5.41, 5.74) is 5.67. The van der Waals surface area contributed by atoms with E-state index in [9.17, 15) is 4.79 Å². The van der Waals surface area contributed by atoms with Crippen LogP contribution in [0.15, 0.2) is 36.4 Å². The highest BCUT2D eigenvalue weighted by atomic mass is 16.5. The number of aryl methyl sites for hydroxylation is 2. The minimum atomic E-state index is 0.0471. The van der Waals surface area contributed by atoms with Crippen molar-refractivity contribution in [3.8, 4) is 5.75 Å². The zero-order valence-electron chi connectivity index (χ0n) is 14.7. The number of nitrogens with one attached hydrogen (secondary N) is 1. The number of hydrogen-bond donors (Lipinski definition) is 1. The van der Waals surface area contributed by atoms with Crippen molar-refractivity contribution >= 4 is 11.6 Å². The van der Waals surface area contributed by atoms with Crippen LogP contribution < -0.4 is 10.1 Å². The maximum Gasteiger partial charge on any atom is 0.225 e. The van der Waals surface area contributed by atoms with Crippen LogP contribution in [-0.4, -0.2) is 12.5 Å². The number of amides is 1. The molecule has 0 bridgehead atoms. The molecule has 0 saturated heterocycles. The molecular formula is C21H25NO2. The highest BCUT2D eigenvalue weighted by molar-refractivity contribution is 5.95. The van der Waals surface area contributed by atoms with Gasteiger partial charge in [-0.1, -0.05) is 37.6 Å². The molecule has 2 aromatic carbocycles. The predicted octanol–water partition coefficient (Wildman–Crippen LogP) is 4.96. The standard InChI is InChI=1S/C21H25NO2/c1-4-5-10-24-20-9-7-6-8-16(20)17-13-21(23)22-19-12-15(3)14(2)11-18(17)19/h6-9,11-12,17H,4-5,10,13H2,1-3H3,(H,22,23)/t17-/m0/s1. The maximum absolute atomic E-state index is 12.2. The Balaban J connectivity index is 2.01. The second-order valence-electron chi connectivity index (χ2n) is 6.57. The van der Waals surface area contributed by atoms with Gasteiger partial charge in [0.25, 0.3) is 0 Å². The molecule has 3 rings (SSSR count). The molecule has 3 heteroatoms. The van der Waals surface area contributed by atoms with Crippen LogP contribution in [0.25, 0.3) is 0 Å². The minimum Gasteiger partial charge on any atom is -0.493 e. The number of unbranched alkanes of at least 4 members (excludes halogenated alkanes) is 1. The summed E-state index contributed by atoms with van der Waals surface area (Å²) in [6.45, 7) is 7.06. The van der Waals surface area contributed by atoms with Crippen molar-refractivity contribution in [3.05, 3.63) is 58.7 Å². The Morgan fingerprint density at radius 3 is 2.67 bits per heavy atom. The molecule has 0 fully saturated rings. The predicted molar refractivity (Wildman–Crippen MR) is 97.9 cm³/mol. The molecule has 24 heavy (non-hydrogen) atoms. The van der Waals surface area contributed by atoms with Crippen molar-refractivity contribution in [2.24, 2.45) is 0 Å². The summed E-state index contributed by atoms with van der Waals surface area (Å²) in [6, 6.07) is 12.4. The van der Waals surface area contributed by atoms with Crippen LogP contribution in [-0.2, 0) is 4.79 Å². The van der Waals surface area contributed by atoms with E-state index in [1.165, 1.54) is 16.7 Å². The van der Waals surface area contributed by atoms with Gasteiger partial charge < -0.3 is 10.1 Å². The molecule has 0 aromatic heterocycles. The molecule has 2 aromatic rings.